The van der Waals surface area contributed by atoms with Gasteiger partial charge in [-0.05, 0) is 93.5 Å². The van der Waals surface area contributed by atoms with E-state index in [1.165, 1.54) is 55.0 Å². The Hall–Kier alpha value is -6.39. The highest BCUT2D eigenvalue weighted by molar-refractivity contribution is 5.89. The predicted molar refractivity (Wildman–Crippen MR) is 228 cm³/mol. The third-order valence-electron chi connectivity index (χ3n) is 11.3. The van der Waals surface area contributed by atoms with Gasteiger partial charge in [0.25, 0.3) is 5.56 Å². The molecule has 2 aromatic heterocycles. The molecule has 0 unspecified atom stereocenters. The highest BCUT2D eigenvalue weighted by atomic mass is 16.5. The zero-order chi connectivity index (χ0) is 43.5. The van der Waals surface area contributed by atoms with E-state index in [2.05, 4.69) is 39.7 Å². The molecule has 9 rings (SSSR count). The summed E-state index contributed by atoms with van der Waals surface area (Å²) in [7, 11) is 8.68. The second-order valence-corrected chi connectivity index (χ2v) is 15.2. The zero-order valence-electron chi connectivity index (χ0n) is 35.1. The molecule has 16 heteroatoms. The van der Waals surface area contributed by atoms with Crippen molar-refractivity contribution >= 4 is 34.4 Å². The molecule has 318 valence electrons. The van der Waals surface area contributed by atoms with Crippen LogP contribution in [0.1, 0.15) is 38.3 Å². The topological polar surface area (TPSA) is 191 Å². The highest BCUT2D eigenvalue weighted by Gasteiger charge is 2.64. The van der Waals surface area contributed by atoms with E-state index in [0.717, 1.165) is 46.9 Å². The monoisotopic (exact) mass is 823 g/mol. The van der Waals surface area contributed by atoms with Crippen molar-refractivity contribution in [1.82, 2.24) is 23.6 Å². The van der Waals surface area contributed by atoms with Gasteiger partial charge in [0.05, 0.1) is 20.0 Å². The lowest BCUT2D eigenvalue weighted by Gasteiger charge is -2.56. The number of nitrogens with zero attached hydrogens (tertiary/aromatic N) is 5. The number of amides is 2. The van der Waals surface area contributed by atoms with Crippen LogP contribution in [0.4, 0.5) is 11.4 Å². The number of carbonyl (C=O) groups excluding carboxylic acids is 2. The number of nitrogens with one attached hydrogen (secondary N) is 2. The fourth-order valence-electron chi connectivity index (χ4n) is 8.61. The van der Waals surface area contributed by atoms with Gasteiger partial charge < -0.3 is 44.5 Å². The maximum atomic E-state index is 11.7. The summed E-state index contributed by atoms with van der Waals surface area (Å²) in [5, 5.41) is 24.7. The van der Waals surface area contributed by atoms with Gasteiger partial charge in [0.2, 0.25) is 11.8 Å². The number of aliphatic hydroxyl groups is 1. The van der Waals surface area contributed by atoms with Crippen LogP contribution in [-0.4, -0.2) is 91.2 Å². The first kappa shape index (κ1) is 43.2. The molecule has 16 nitrogen and oxygen atoms in total. The van der Waals surface area contributed by atoms with Crippen LogP contribution in [0.15, 0.2) is 88.7 Å². The first-order valence-corrected chi connectivity index (χ1v) is 19.7. The van der Waals surface area contributed by atoms with E-state index >= 15 is 0 Å². The minimum atomic E-state index is -0.539. The number of aromatic hydroxyl groups is 1. The quantitative estimate of drug-likeness (QED) is 0.149. The molecule has 5 atom stereocenters. The number of aryl methyl sites for hydroxylation is 2. The second-order valence-electron chi connectivity index (χ2n) is 15.2. The third-order valence-corrected chi connectivity index (χ3v) is 11.3. The summed E-state index contributed by atoms with van der Waals surface area (Å²) in [5.41, 5.74) is 4.26. The molecule has 4 heterocycles. The van der Waals surface area contributed by atoms with Crippen LogP contribution in [0, 0.1) is 5.92 Å². The van der Waals surface area contributed by atoms with Crippen molar-refractivity contribution in [2.45, 2.75) is 57.3 Å². The average molecular weight is 824 g/mol. The molecule has 1 saturated heterocycles. The number of hydrogen-bond acceptors (Lipinski definition) is 11. The summed E-state index contributed by atoms with van der Waals surface area (Å²) in [6, 6.07) is 18.3. The van der Waals surface area contributed by atoms with Crippen LogP contribution < -0.4 is 36.1 Å². The van der Waals surface area contributed by atoms with Gasteiger partial charge in [-0.25, -0.2) is 9.78 Å². The zero-order valence-corrected chi connectivity index (χ0v) is 35.1. The van der Waals surface area contributed by atoms with Gasteiger partial charge in [0, 0.05) is 69.3 Å². The van der Waals surface area contributed by atoms with Gasteiger partial charge >= 0.3 is 5.69 Å². The van der Waals surface area contributed by atoms with Gasteiger partial charge in [-0.3, -0.25) is 23.5 Å². The fourth-order valence-corrected chi connectivity index (χ4v) is 8.61. The van der Waals surface area contributed by atoms with Crippen LogP contribution in [-0.2, 0) is 42.6 Å². The number of likely N-dealkylation sites (tertiary alicyclic amines) is 1. The number of ether oxygens (including phenoxy) is 3. The summed E-state index contributed by atoms with van der Waals surface area (Å²) >= 11 is 0. The maximum absolute atomic E-state index is 11.7. The molecule has 2 bridgehead atoms. The maximum Gasteiger partial charge on any atom is 0.332 e. The number of likely N-dealkylation sites (N-methyl/N-ethyl adjacent to an activating group) is 1. The number of benzene rings is 3. The molecule has 2 aliphatic carbocycles. The number of phenolic OH excluding ortho intramolecular Hbond substituents is 1. The lowest BCUT2D eigenvalue weighted by atomic mass is 9.53. The van der Waals surface area contributed by atoms with E-state index in [-0.39, 0.29) is 40.3 Å². The molecular weight excluding hydrogens is 771 g/mol. The second kappa shape index (κ2) is 17.8. The van der Waals surface area contributed by atoms with Crippen molar-refractivity contribution in [3.05, 3.63) is 111 Å². The van der Waals surface area contributed by atoms with E-state index in [0.29, 0.717) is 35.4 Å². The van der Waals surface area contributed by atoms with Crippen molar-refractivity contribution in [2.24, 2.45) is 27.1 Å². The summed E-state index contributed by atoms with van der Waals surface area (Å²) in [5.74, 6) is 2.92. The molecule has 0 saturated carbocycles. The molecule has 60 heavy (non-hydrogen) atoms. The average Bonchev–Trinajstić information content (AvgIpc) is 3.79. The summed E-state index contributed by atoms with van der Waals surface area (Å²) in [6.45, 7) is 6.56. The molecule has 2 amide bonds. The summed E-state index contributed by atoms with van der Waals surface area (Å²) < 4.78 is 21.1. The lowest BCUT2D eigenvalue weighted by molar-refractivity contribution is -0.115. The first-order valence-electron chi connectivity index (χ1n) is 19.7. The number of carbonyl (C=O) groups is 2. The number of rotatable bonds is 5. The largest absolute Gasteiger partial charge is 0.508 e. The fraction of sp³-hybridized carbons (Fsp3) is 0.386. The van der Waals surface area contributed by atoms with Crippen LogP contribution in [0.3, 0.4) is 0 Å². The summed E-state index contributed by atoms with van der Waals surface area (Å²) in [4.78, 5) is 50.8. The number of anilines is 2. The smallest absolute Gasteiger partial charge is 0.332 e. The Morgan fingerprint density at radius 1 is 0.917 bits per heavy atom. The van der Waals surface area contributed by atoms with Gasteiger partial charge in [-0.1, -0.05) is 18.2 Å². The number of imidazole rings is 1. The molecule has 5 aromatic rings. The Morgan fingerprint density at radius 3 is 2.15 bits per heavy atom. The molecule has 4 N–H and O–H groups in total. The molecule has 3 aromatic carbocycles. The van der Waals surface area contributed by atoms with Crippen LogP contribution in [0.2, 0.25) is 0 Å². The van der Waals surface area contributed by atoms with Crippen molar-refractivity contribution in [3.63, 3.8) is 0 Å². The van der Waals surface area contributed by atoms with Crippen LogP contribution in [0.25, 0.3) is 11.2 Å². The number of phenols is 1. The molecular formula is C44H53N7O9. The van der Waals surface area contributed by atoms with Crippen molar-refractivity contribution in [3.8, 4) is 23.0 Å². The Balaban J connectivity index is 0.000000140. The van der Waals surface area contributed by atoms with Crippen molar-refractivity contribution in [1.29, 1.82) is 0 Å². The van der Waals surface area contributed by atoms with Gasteiger partial charge in [0.1, 0.15) is 23.7 Å². The van der Waals surface area contributed by atoms with Gasteiger partial charge in [0.15, 0.2) is 22.7 Å². The minimum Gasteiger partial charge on any atom is -0.508 e. The third kappa shape index (κ3) is 8.38. The van der Waals surface area contributed by atoms with Gasteiger partial charge in [-0.2, -0.15) is 0 Å². The molecule has 4 aliphatic rings. The van der Waals surface area contributed by atoms with Crippen molar-refractivity contribution < 1.29 is 34.0 Å². The predicted octanol–water partition coefficient (Wildman–Crippen LogP) is 3.87. The van der Waals surface area contributed by atoms with Crippen LogP contribution >= 0.6 is 0 Å². The normalized spacial score (nSPS) is 21.4. The molecule has 1 spiro atoms. The lowest BCUT2D eigenvalue weighted by Crippen LogP contribution is -2.64. The molecule has 2 aliphatic heterocycles. The van der Waals surface area contributed by atoms with E-state index in [1.807, 2.05) is 43.3 Å². The van der Waals surface area contributed by atoms with E-state index < -0.39 is 6.10 Å². The highest BCUT2D eigenvalue weighted by Crippen LogP contribution is 2.62. The Morgan fingerprint density at radius 2 is 1.55 bits per heavy atom. The van der Waals surface area contributed by atoms with E-state index in [1.54, 1.807) is 37.9 Å². The number of hydrogen-bond donors (Lipinski definition) is 4. The number of piperidine rings is 1. The minimum absolute atomic E-state index is 0.0656. The molecule has 0 radical (unpaired) electrons. The Bertz CT molecular complexity index is 2510. The van der Waals surface area contributed by atoms with Gasteiger partial charge in [-0.15, -0.1) is 0 Å². The number of fused-ring (bicyclic) bond motifs is 1. The van der Waals surface area contributed by atoms with E-state index in [9.17, 15) is 24.3 Å². The van der Waals surface area contributed by atoms with Crippen molar-refractivity contribution in [2.75, 3.05) is 37.9 Å². The summed E-state index contributed by atoms with van der Waals surface area (Å²) in [6.07, 6.45) is 7.06. The Kier molecular flexibility index (Phi) is 12.8. The number of aromatic nitrogens is 4. The first-order chi connectivity index (χ1) is 28.6. The number of aliphatic hydroxyl groups excluding tert-OH is 1. The standard InChI is InChI=1S/C18H21NO3.C10H13NO2.C8H10N4O2.C8H9NO2/c1-19-8-7-18-11-4-5-13(20)17(18)22-16-14(21-2)6-3-10(15(16)18)9-12(11)19;1-3-13-10-6-4-9(5-7-10)11-8(2)12;1-10-4-9-6-5(10)7(13)12(3)8(14)11(6)2;1-6(10)9-7-2-4-8(11)5-3-7/h3-6,11-13,17,20H,7-9H2,1-2H3;4-7H,3H2,1-2H3,(H,11,12);4H,1-3H3;2-5,11H,1H3,(H,9,10)/t11-,12+,13-,17-,18-;;;/m0.../s1. The van der Waals surface area contributed by atoms with Crippen LogP contribution in [0.5, 0.6) is 23.0 Å². The number of methoxy groups -OCH3 is 1. The van der Waals surface area contributed by atoms with E-state index in [4.69, 9.17) is 19.3 Å². The Labute approximate surface area is 347 Å². The molecule has 1 fully saturated rings. The SMILES string of the molecule is CC(=O)Nc1ccc(O)cc1.CCOc1ccc(NC(C)=O)cc1.COc1ccc2c3c1O[C@H]1[C@@H](O)C=C[C@H]4[C@@H](C2)N(C)CC[C@@]341.Cn1c(=O)c2c(ncn2C)n(C)c1=O.